The minimum Gasteiger partial charge on any atom is -0.356 e. The molecule has 1 aromatic carbocycles. The van der Waals surface area contributed by atoms with Gasteiger partial charge in [0.15, 0.2) is 0 Å². The first-order valence-electron chi connectivity index (χ1n) is 8.66. The molecule has 0 bridgehead atoms. The standard InChI is InChI=1S/C18H26ClN3O2/c1-2-3-9-20-17(23)12-14-7-10-22(11-8-14)18(24)21-16-6-4-5-15(19)13-16/h4-6,13-14H,2-3,7-12H2,1H3,(H,20,23)(H,21,24). The van der Waals surface area contributed by atoms with Crippen LogP contribution in [0.3, 0.4) is 0 Å². The fourth-order valence-electron chi connectivity index (χ4n) is 2.85. The van der Waals surface area contributed by atoms with Gasteiger partial charge in [-0.05, 0) is 43.4 Å². The second kappa shape index (κ2) is 9.52. The molecule has 1 saturated heterocycles. The maximum Gasteiger partial charge on any atom is 0.321 e. The van der Waals surface area contributed by atoms with E-state index in [1.165, 1.54) is 0 Å². The van der Waals surface area contributed by atoms with E-state index in [0.717, 1.165) is 32.2 Å². The Bertz CT molecular complexity index is 557. The Hall–Kier alpha value is -1.75. The highest BCUT2D eigenvalue weighted by Gasteiger charge is 2.24. The summed E-state index contributed by atoms with van der Waals surface area (Å²) in [4.78, 5) is 25.9. The van der Waals surface area contributed by atoms with Crippen molar-refractivity contribution >= 4 is 29.2 Å². The SMILES string of the molecule is CCCCNC(=O)CC1CCN(C(=O)Nc2cccc(Cl)c2)CC1. The minimum atomic E-state index is -0.108. The normalized spacial score (nSPS) is 15.2. The molecule has 132 valence electrons. The molecule has 0 atom stereocenters. The maximum atomic E-state index is 12.3. The summed E-state index contributed by atoms with van der Waals surface area (Å²) in [6.07, 6.45) is 4.40. The van der Waals surface area contributed by atoms with Gasteiger partial charge in [0.25, 0.3) is 0 Å². The number of carbonyl (C=O) groups is 2. The monoisotopic (exact) mass is 351 g/mol. The third-order valence-electron chi connectivity index (χ3n) is 4.30. The summed E-state index contributed by atoms with van der Waals surface area (Å²) >= 11 is 5.92. The number of amides is 3. The molecule has 0 spiro atoms. The van der Waals surface area contributed by atoms with Crippen LogP contribution in [0.1, 0.15) is 39.0 Å². The van der Waals surface area contributed by atoms with E-state index in [1.807, 2.05) is 6.07 Å². The van der Waals surface area contributed by atoms with E-state index < -0.39 is 0 Å². The summed E-state index contributed by atoms with van der Waals surface area (Å²) in [5, 5.41) is 6.42. The maximum absolute atomic E-state index is 12.3. The van der Waals surface area contributed by atoms with Gasteiger partial charge in [0, 0.05) is 36.8 Å². The minimum absolute atomic E-state index is 0.108. The molecule has 6 heteroatoms. The Morgan fingerprint density at radius 1 is 1.29 bits per heavy atom. The van der Waals surface area contributed by atoms with Gasteiger partial charge in [0.2, 0.25) is 5.91 Å². The number of nitrogens with one attached hydrogen (secondary N) is 2. The zero-order valence-electron chi connectivity index (χ0n) is 14.2. The van der Waals surface area contributed by atoms with E-state index in [0.29, 0.717) is 36.1 Å². The molecule has 1 aliphatic heterocycles. The van der Waals surface area contributed by atoms with E-state index in [1.54, 1.807) is 23.1 Å². The van der Waals surface area contributed by atoms with E-state index in [2.05, 4.69) is 17.6 Å². The largest absolute Gasteiger partial charge is 0.356 e. The summed E-state index contributed by atoms with van der Waals surface area (Å²) in [5.74, 6) is 0.493. The average Bonchev–Trinajstić information content (AvgIpc) is 2.55. The van der Waals surface area contributed by atoms with Crippen LogP contribution < -0.4 is 10.6 Å². The van der Waals surface area contributed by atoms with Crippen LogP contribution >= 0.6 is 11.6 Å². The summed E-state index contributed by atoms with van der Waals surface area (Å²) in [6.45, 7) is 4.23. The molecule has 24 heavy (non-hydrogen) atoms. The summed E-state index contributed by atoms with van der Waals surface area (Å²) in [6, 6.07) is 7.02. The van der Waals surface area contributed by atoms with Crippen molar-refractivity contribution in [2.24, 2.45) is 5.92 Å². The third-order valence-corrected chi connectivity index (χ3v) is 4.54. The quantitative estimate of drug-likeness (QED) is 0.764. The van der Waals surface area contributed by atoms with E-state index in [4.69, 9.17) is 11.6 Å². The predicted octanol–water partition coefficient (Wildman–Crippen LogP) is 3.89. The van der Waals surface area contributed by atoms with Gasteiger partial charge in [0.1, 0.15) is 0 Å². The highest BCUT2D eigenvalue weighted by atomic mass is 35.5. The number of urea groups is 1. The lowest BCUT2D eigenvalue weighted by atomic mass is 9.93. The van der Waals surface area contributed by atoms with Gasteiger partial charge in [0.05, 0.1) is 0 Å². The topological polar surface area (TPSA) is 61.4 Å². The second-order valence-electron chi connectivity index (χ2n) is 6.28. The zero-order chi connectivity index (χ0) is 17.4. The predicted molar refractivity (Wildman–Crippen MR) is 97.3 cm³/mol. The Morgan fingerprint density at radius 3 is 2.71 bits per heavy atom. The number of hydrogen-bond donors (Lipinski definition) is 2. The van der Waals surface area contributed by atoms with E-state index in [9.17, 15) is 9.59 Å². The second-order valence-corrected chi connectivity index (χ2v) is 6.71. The zero-order valence-corrected chi connectivity index (χ0v) is 14.9. The molecule has 1 aromatic rings. The van der Waals surface area contributed by atoms with Crippen LogP contribution in [0.15, 0.2) is 24.3 Å². The van der Waals surface area contributed by atoms with Gasteiger partial charge >= 0.3 is 6.03 Å². The molecule has 0 unspecified atom stereocenters. The number of benzene rings is 1. The van der Waals surface area contributed by atoms with Crippen LogP contribution in [0.25, 0.3) is 0 Å². The number of unbranched alkanes of at least 4 members (excludes halogenated alkanes) is 1. The van der Waals surface area contributed by atoms with Crippen molar-refractivity contribution in [1.29, 1.82) is 0 Å². The molecule has 1 heterocycles. The van der Waals surface area contributed by atoms with E-state index >= 15 is 0 Å². The Kier molecular flexibility index (Phi) is 7.37. The van der Waals surface area contributed by atoms with Crippen molar-refractivity contribution in [1.82, 2.24) is 10.2 Å². The molecule has 1 fully saturated rings. The first-order valence-corrected chi connectivity index (χ1v) is 9.04. The number of carbonyl (C=O) groups excluding carboxylic acids is 2. The van der Waals surface area contributed by atoms with Gasteiger partial charge in [-0.3, -0.25) is 4.79 Å². The summed E-state index contributed by atoms with van der Waals surface area (Å²) < 4.78 is 0. The molecule has 2 rings (SSSR count). The lowest BCUT2D eigenvalue weighted by molar-refractivity contribution is -0.122. The molecular weight excluding hydrogens is 326 g/mol. The molecular formula is C18H26ClN3O2. The van der Waals surface area contributed by atoms with Gasteiger partial charge in [-0.15, -0.1) is 0 Å². The Morgan fingerprint density at radius 2 is 2.04 bits per heavy atom. The molecule has 1 aliphatic rings. The van der Waals surface area contributed by atoms with Crippen LogP contribution in [0.5, 0.6) is 0 Å². The molecule has 2 N–H and O–H groups in total. The molecule has 5 nitrogen and oxygen atoms in total. The van der Waals surface area contributed by atoms with Crippen molar-refractivity contribution in [3.05, 3.63) is 29.3 Å². The highest BCUT2D eigenvalue weighted by Crippen LogP contribution is 2.22. The van der Waals surface area contributed by atoms with Gasteiger partial charge < -0.3 is 15.5 Å². The molecule has 0 aromatic heterocycles. The summed E-state index contributed by atoms with van der Waals surface area (Å²) in [7, 11) is 0. The first kappa shape index (κ1) is 18.6. The van der Waals surface area contributed by atoms with Gasteiger partial charge in [-0.25, -0.2) is 4.79 Å². The van der Waals surface area contributed by atoms with Crippen molar-refractivity contribution < 1.29 is 9.59 Å². The average molecular weight is 352 g/mol. The fourth-order valence-corrected chi connectivity index (χ4v) is 3.04. The van der Waals surface area contributed by atoms with Crippen molar-refractivity contribution in [3.8, 4) is 0 Å². The van der Waals surface area contributed by atoms with Crippen molar-refractivity contribution in [2.75, 3.05) is 25.0 Å². The summed E-state index contributed by atoms with van der Waals surface area (Å²) in [5.41, 5.74) is 0.699. The number of hydrogen-bond acceptors (Lipinski definition) is 2. The number of rotatable bonds is 6. The molecule has 0 aliphatic carbocycles. The number of piperidine rings is 1. The molecule has 0 saturated carbocycles. The number of nitrogens with zero attached hydrogens (tertiary/aromatic N) is 1. The van der Waals surface area contributed by atoms with Crippen molar-refractivity contribution in [3.63, 3.8) is 0 Å². The van der Waals surface area contributed by atoms with Crippen LogP contribution in [0.2, 0.25) is 5.02 Å². The van der Waals surface area contributed by atoms with Crippen LogP contribution in [0, 0.1) is 5.92 Å². The van der Waals surface area contributed by atoms with Gasteiger partial charge in [-0.1, -0.05) is 31.0 Å². The lowest BCUT2D eigenvalue weighted by Crippen LogP contribution is -2.42. The third kappa shape index (κ3) is 6.04. The Balaban J connectivity index is 1.72. The fraction of sp³-hybridized carbons (Fsp3) is 0.556. The lowest BCUT2D eigenvalue weighted by Gasteiger charge is -2.31. The molecule has 3 amide bonds. The van der Waals surface area contributed by atoms with E-state index in [-0.39, 0.29) is 11.9 Å². The number of halogens is 1. The van der Waals surface area contributed by atoms with Crippen molar-refractivity contribution in [2.45, 2.75) is 39.0 Å². The Labute approximate surface area is 148 Å². The first-order chi connectivity index (χ1) is 11.6. The van der Waals surface area contributed by atoms with Crippen LogP contribution in [-0.4, -0.2) is 36.5 Å². The van der Waals surface area contributed by atoms with Crippen LogP contribution in [-0.2, 0) is 4.79 Å². The smallest absolute Gasteiger partial charge is 0.321 e. The molecule has 0 radical (unpaired) electrons. The number of anilines is 1. The van der Waals surface area contributed by atoms with Crippen LogP contribution in [0.4, 0.5) is 10.5 Å². The highest BCUT2D eigenvalue weighted by molar-refractivity contribution is 6.30. The van der Waals surface area contributed by atoms with Gasteiger partial charge in [-0.2, -0.15) is 0 Å². The number of likely N-dealkylation sites (tertiary alicyclic amines) is 1.